The van der Waals surface area contributed by atoms with Gasteiger partial charge < -0.3 is 20.5 Å². The van der Waals surface area contributed by atoms with Gasteiger partial charge in [-0.1, -0.05) is 62.4 Å². The molecule has 0 radical (unpaired) electrons. The van der Waals surface area contributed by atoms with E-state index in [1.807, 2.05) is 74.5 Å². The summed E-state index contributed by atoms with van der Waals surface area (Å²) in [6.07, 6.45) is -0.675. The summed E-state index contributed by atoms with van der Waals surface area (Å²) in [4.78, 5) is 12.9. The second kappa shape index (κ2) is 9.35. The fourth-order valence-electron chi connectivity index (χ4n) is 2.91. The Balaban J connectivity index is 1.85. The predicted octanol–water partition coefficient (Wildman–Crippen LogP) is 3.83. The second-order valence-corrected chi connectivity index (χ2v) is 7.01. The van der Waals surface area contributed by atoms with Crippen molar-refractivity contribution in [3.05, 3.63) is 72.3 Å². The Morgan fingerprint density at radius 2 is 1.71 bits per heavy atom. The maximum absolute atomic E-state index is 12.9. The highest BCUT2D eigenvalue weighted by Crippen LogP contribution is 2.30. The molecule has 0 spiro atoms. The fourth-order valence-corrected chi connectivity index (χ4v) is 2.91. The number of amides is 1. The monoisotopic (exact) mass is 378 g/mol. The van der Waals surface area contributed by atoms with Crippen molar-refractivity contribution in [1.82, 2.24) is 5.32 Å². The van der Waals surface area contributed by atoms with Crippen molar-refractivity contribution in [2.45, 2.75) is 26.0 Å². The summed E-state index contributed by atoms with van der Waals surface area (Å²) in [5.74, 6) is 0.233. The van der Waals surface area contributed by atoms with Gasteiger partial charge in [0.25, 0.3) is 5.91 Å². The molecular weight excluding hydrogens is 352 g/mol. The van der Waals surface area contributed by atoms with Crippen LogP contribution in [0.2, 0.25) is 0 Å². The Morgan fingerprint density at radius 3 is 2.46 bits per heavy atom. The van der Waals surface area contributed by atoms with Gasteiger partial charge in [-0.3, -0.25) is 4.79 Å². The maximum Gasteiger partial charge on any atom is 0.259 e. The molecule has 1 atom stereocenters. The van der Waals surface area contributed by atoms with Crippen molar-refractivity contribution < 1.29 is 14.6 Å². The maximum atomic E-state index is 12.9. The van der Waals surface area contributed by atoms with E-state index in [-0.39, 0.29) is 18.6 Å². The molecule has 3 aromatic carbocycles. The number of rotatable bonds is 8. The van der Waals surface area contributed by atoms with Gasteiger partial charge in [0.15, 0.2) is 0 Å². The van der Waals surface area contributed by atoms with Gasteiger partial charge in [0.2, 0.25) is 0 Å². The van der Waals surface area contributed by atoms with E-state index < -0.39 is 6.10 Å². The quantitative estimate of drug-likeness (QED) is 0.557. The summed E-state index contributed by atoms with van der Waals surface area (Å²) in [6.45, 7) is 4.56. The number of ether oxygens (including phenoxy) is 1. The summed E-state index contributed by atoms with van der Waals surface area (Å²) in [5.41, 5.74) is 1.15. The van der Waals surface area contributed by atoms with Gasteiger partial charge in [-0.15, -0.1) is 0 Å². The number of aliphatic hydroxyl groups excluding tert-OH is 1. The lowest BCUT2D eigenvalue weighted by molar-refractivity contribution is 0.0978. The Hall–Kier alpha value is -2.89. The first-order chi connectivity index (χ1) is 13.5. The number of nitrogens with one attached hydrogen (secondary N) is 2. The zero-order valence-electron chi connectivity index (χ0n) is 16.2. The molecule has 0 saturated carbocycles. The van der Waals surface area contributed by atoms with Crippen LogP contribution in [0.25, 0.3) is 10.8 Å². The van der Waals surface area contributed by atoms with Gasteiger partial charge in [-0.2, -0.15) is 0 Å². The van der Waals surface area contributed by atoms with E-state index >= 15 is 0 Å². The number of fused-ring (bicyclic) bond motifs is 1. The van der Waals surface area contributed by atoms with Gasteiger partial charge in [0, 0.05) is 23.7 Å². The first-order valence-electron chi connectivity index (χ1n) is 9.47. The molecule has 5 heteroatoms. The summed E-state index contributed by atoms with van der Waals surface area (Å²) in [6, 6.07) is 21.0. The molecule has 5 nitrogen and oxygen atoms in total. The van der Waals surface area contributed by atoms with E-state index in [9.17, 15) is 9.90 Å². The third-order valence-electron chi connectivity index (χ3n) is 4.34. The third kappa shape index (κ3) is 5.09. The van der Waals surface area contributed by atoms with E-state index in [0.717, 1.165) is 10.8 Å². The third-order valence-corrected chi connectivity index (χ3v) is 4.34. The smallest absolute Gasteiger partial charge is 0.259 e. The number of carbonyl (C=O) groups excluding carboxylic acids is 1. The Bertz CT molecular complexity index is 926. The van der Waals surface area contributed by atoms with Crippen LogP contribution in [-0.2, 0) is 0 Å². The van der Waals surface area contributed by atoms with E-state index in [0.29, 0.717) is 23.5 Å². The lowest BCUT2D eigenvalue weighted by atomic mass is 10.0. The van der Waals surface area contributed by atoms with Crippen LogP contribution in [-0.4, -0.2) is 36.3 Å². The highest BCUT2D eigenvalue weighted by Gasteiger charge is 2.17. The molecule has 0 aliphatic heterocycles. The minimum atomic E-state index is -0.675. The molecule has 0 aromatic heterocycles. The largest absolute Gasteiger partial charge is 0.489 e. The molecule has 1 unspecified atom stereocenters. The number of hydrogen-bond acceptors (Lipinski definition) is 4. The molecule has 3 rings (SSSR count). The number of aliphatic hydroxyl groups is 1. The molecule has 0 bridgehead atoms. The average Bonchev–Trinajstić information content (AvgIpc) is 2.71. The van der Waals surface area contributed by atoms with Crippen molar-refractivity contribution in [2.75, 3.05) is 18.5 Å². The topological polar surface area (TPSA) is 70.6 Å². The van der Waals surface area contributed by atoms with Crippen molar-refractivity contribution in [3.8, 4) is 5.75 Å². The van der Waals surface area contributed by atoms with Gasteiger partial charge in [0.1, 0.15) is 18.5 Å². The number of para-hydroxylation sites is 1. The first kappa shape index (κ1) is 19.9. The number of benzene rings is 3. The molecule has 0 aliphatic carbocycles. The Kier molecular flexibility index (Phi) is 6.63. The van der Waals surface area contributed by atoms with Crippen molar-refractivity contribution in [3.63, 3.8) is 0 Å². The number of carbonyl (C=O) groups is 1. The molecule has 0 aliphatic rings. The van der Waals surface area contributed by atoms with Crippen LogP contribution in [0, 0.1) is 0 Å². The summed E-state index contributed by atoms with van der Waals surface area (Å²) >= 11 is 0. The van der Waals surface area contributed by atoms with Crippen LogP contribution in [0.1, 0.15) is 24.2 Å². The standard InChI is InChI=1S/C23H26N2O3/c1-16(2)24-14-19(26)15-28-22-20-11-7-6-8-17(20)12-13-21(22)23(27)25-18-9-4-3-5-10-18/h3-13,16,19,24,26H,14-15H2,1-2H3,(H,25,27). The molecule has 3 N–H and O–H groups in total. The molecule has 1 amide bonds. The van der Waals surface area contributed by atoms with E-state index in [4.69, 9.17) is 4.74 Å². The average molecular weight is 378 g/mol. The van der Waals surface area contributed by atoms with Crippen LogP contribution >= 0.6 is 0 Å². The minimum absolute atomic E-state index is 0.0966. The van der Waals surface area contributed by atoms with Crippen molar-refractivity contribution >= 4 is 22.4 Å². The highest BCUT2D eigenvalue weighted by molar-refractivity contribution is 6.10. The Labute approximate surface area is 165 Å². The summed E-state index contributed by atoms with van der Waals surface area (Å²) < 4.78 is 5.95. The van der Waals surface area contributed by atoms with Gasteiger partial charge in [-0.25, -0.2) is 0 Å². The van der Waals surface area contributed by atoms with Gasteiger partial charge in [0.05, 0.1) is 5.56 Å². The van der Waals surface area contributed by atoms with Crippen LogP contribution in [0.3, 0.4) is 0 Å². The van der Waals surface area contributed by atoms with Crippen molar-refractivity contribution in [2.24, 2.45) is 0 Å². The van der Waals surface area contributed by atoms with Crippen LogP contribution in [0.5, 0.6) is 5.75 Å². The molecule has 0 saturated heterocycles. The highest BCUT2D eigenvalue weighted by atomic mass is 16.5. The molecule has 0 heterocycles. The second-order valence-electron chi connectivity index (χ2n) is 7.01. The summed E-state index contributed by atoms with van der Waals surface area (Å²) in [5, 5.41) is 18.1. The number of hydrogen-bond donors (Lipinski definition) is 3. The van der Waals surface area contributed by atoms with E-state index in [1.54, 1.807) is 6.07 Å². The molecule has 3 aromatic rings. The zero-order chi connectivity index (χ0) is 19.9. The Morgan fingerprint density at radius 1 is 1.00 bits per heavy atom. The predicted molar refractivity (Wildman–Crippen MR) is 113 cm³/mol. The minimum Gasteiger partial charge on any atom is -0.489 e. The van der Waals surface area contributed by atoms with Crippen molar-refractivity contribution in [1.29, 1.82) is 0 Å². The normalized spacial score (nSPS) is 12.1. The fraction of sp³-hybridized carbons (Fsp3) is 0.261. The lowest BCUT2D eigenvalue weighted by Gasteiger charge is -2.18. The molecule has 28 heavy (non-hydrogen) atoms. The van der Waals surface area contributed by atoms with Gasteiger partial charge >= 0.3 is 0 Å². The lowest BCUT2D eigenvalue weighted by Crippen LogP contribution is -2.35. The van der Waals surface area contributed by atoms with Gasteiger partial charge in [-0.05, 0) is 23.6 Å². The SMILES string of the molecule is CC(C)NCC(O)COc1c(C(=O)Nc2ccccc2)ccc2ccccc12. The van der Waals surface area contributed by atoms with Crippen LogP contribution in [0.15, 0.2) is 66.7 Å². The number of anilines is 1. The van der Waals surface area contributed by atoms with E-state index in [1.165, 1.54) is 0 Å². The molecule has 146 valence electrons. The first-order valence-corrected chi connectivity index (χ1v) is 9.47. The zero-order valence-corrected chi connectivity index (χ0v) is 16.2. The molecular formula is C23H26N2O3. The summed E-state index contributed by atoms with van der Waals surface area (Å²) in [7, 11) is 0. The van der Waals surface area contributed by atoms with Crippen LogP contribution < -0.4 is 15.4 Å². The van der Waals surface area contributed by atoms with Crippen LogP contribution in [0.4, 0.5) is 5.69 Å². The van der Waals surface area contributed by atoms with E-state index in [2.05, 4.69) is 10.6 Å². The molecule has 0 fully saturated rings.